The summed E-state index contributed by atoms with van der Waals surface area (Å²) >= 11 is 0. The molecule has 0 amide bonds. The Morgan fingerprint density at radius 1 is 1.07 bits per heavy atom. The highest BCUT2D eigenvalue weighted by Crippen LogP contribution is 2.38. The van der Waals surface area contributed by atoms with Crippen molar-refractivity contribution >= 4 is 6.29 Å². The number of ether oxygens (including phenoxy) is 2. The topological polar surface area (TPSA) is 38.8 Å². The Bertz CT molecular complexity index is 805. The molecule has 0 aliphatic rings. The minimum atomic E-state index is -0.207. The van der Waals surface area contributed by atoms with Crippen LogP contribution in [0.1, 0.15) is 55.2 Å². The van der Waals surface area contributed by atoms with Crippen molar-refractivity contribution in [3.63, 3.8) is 0 Å². The van der Waals surface area contributed by atoms with Gasteiger partial charge in [-0.25, -0.2) is 4.39 Å². The van der Waals surface area contributed by atoms with Gasteiger partial charge in [0.2, 0.25) is 0 Å². The minimum absolute atomic E-state index is 0.197. The lowest BCUT2D eigenvalue weighted by atomic mass is 9.86. The molecule has 0 saturated heterocycles. The van der Waals surface area contributed by atoms with Crippen LogP contribution < -0.4 is 9.47 Å². The van der Waals surface area contributed by atoms with Crippen molar-refractivity contribution in [1.29, 1.82) is 0 Å². The molecule has 0 aliphatic carbocycles. The van der Waals surface area contributed by atoms with Gasteiger partial charge < -0.3 is 19.2 Å². The van der Waals surface area contributed by atoms with E-state index in [9.17, 15) is 9.18 Å². The maximum Gasteiger partial charge on any atom is 0.127 e. The van der Waals surface area contributed by atoms with Gasteiger partial charge >= 0.3 is 0 Å². The molecule has 0 spiro atoms. The van der Waals surface area contributed by atoms with Gasteiger partial charge in [-0.2, -0.15) is 0 Å². The molecule has 4 nitrogen and oxygen atoms in total. The van der Waals surface area contributed by atoms with Crippen molar-refractivity contribution < 1.29 is 18.7 Å². The predicted octanol–water partition coefficient (Wildman–Crippen LogP) is 5.20. The summed E-state index contributed by atoms with van der Waals surface area (Å²) in [6, 6.07) is 10.5. The first-order valence-corrected chi connectivity index (χ1v) is 10.5. The zero-order valence-corrected chi connectivity index (χ0v) is 18.8. The zero-order valence-electron chi connectivity index (χ0n) is 18.8. The Balaban J connectivity index is 1.99. The van der Waals surface area contributed by atoms with Gasteiger partial charge in [0.05, 0.1) is 14.2 Å². The van der Waals surface area contributed by atoms with Crippen molar-refractivity contribution in [3.8, 4) is 11.5 Å². The van der Waals surface area contributed by atoms with Crippen molar-refractivity contribution in [3.05, 3.63) is 58.9 Å². The number of aldehydes is 1. The summed E-state index contributed by atoms with van der Waals surface area (Å²) in [4.78, 5) is 14.2. The van der Waals surface area contributed by atoms with Crippen molar-refractivity contribution in [2.75, 3.05) is 34.4 Å². The highest BCUT2D eigenvalue weighted by Gasteiger charge is 2.22. The number of benzene rings is 2. The summed E-state index contributed by atoms with van der Waals surface area (Å²) < 4.78 is 24.0. The van der Waals surface area contributed by atoms with E-state index in [1.807, 2.05) is 24.3 Å². The third-order valence-corrected chi connectivity index (χ3v) is 5.49. The molecular weight excluding hydrogens is 381 g/mol. The predicted molar refractivity (Wildman–Crippen MR) is 119 cm³/mol. The minimum Gasteiger partial charge on any atom is -0.497 e. The maximum absolute atomic E-state index is 13.0. The van der Waals surface area contributed by atoms with Crippen LogP contribution in [0.5, 0.6) is 11.5 Å². The molecule has 0 bridgehead atoms. The number of halogens is 1. The number of carbonyl (C=O) groups is 1. The molecule has 30 heavy (non-hydrogen) atoms. The van der Waals surface area contributed by atoms with Crippen LogP contribution in [0.25, 0.3) is 0 Å². The van der Waals surface area contributed by atoms with Crippen LogP contribution in [-0.4, -0.2) is 45.5 Å². The lowest BCUT2D eigenvalue weighted by Gasteiger charge is -2.23. The van der Waals surface area contributed by atoms with E-state index in [0.29, 0.717) is 5.75 Å². The summed E-state index contributed by atoms with van der Waals surface area (Å²) in [7, 11) is 5.35. The van der Waals surface area contributed by atoms with Crippen LogP contribution in [0, 0.1) is 5.82 Å². The molecule has 0 N–H and O–H groups in total. The van der Waals surface area contributed by atoms with E-state index in [4.69, 9.17) is 9.47 Å². The molecule has 2 rings (SSSR count). The van der Waals surface area contributed by atoms with E-state index in [1.165, 1.54) is 12.1 Å². The number of carbonyl (C=O) groups excluding carboxylic acids is 1. The average molecular weight is 416 g/mol. The Kier molecular flexibility index (Phi) is 9.31. The second-order valence-electron chi connectivity index (χ2n) is 8.05. The van der Waals surface area contributed by atoms with E-state index < -0.39 is 0 Å². The fourth-order valence-corrected chi connectivity index (χ4v) is 3.79. The van der Waals surface area contributed by atoms with E-state index in [-0.39, 0.29) is 17.7 Å². The SMILES string of the molecule is COc1cc(OC)c(C(C)C)c(C(C=O)CCCN(C)CCc2ccc(F)cc2)c1. The van der Waals surface area contributed by atoms with Crippen LogP contribution in [0.2, 0.25) is 0 Å². The van der Waals surface area contributed by atoms with Gasteiger partial charge in [-0.15, -0.1) is 0 Å². The van der Waals surface area contributed by atoms with E-state index in [0.717, 1.165) is 61.1 Å². The first-order chi connectivity index (χ1) is 14.4. The third-order valence-electron chi connectivity index (χ3n) is 5.49. The number of hydrogen-bond donors (Lipinski definition) is 0. The van der Waals surface area contributed by atoms with Crippen molar-refractivity contribution in [2.24, 2.45) is 0 Å². The summed E-state index contributed by atoms with van der Waals surface area (Å²) in [5.74, 6) is 1.30. The number of rotatable bonds is 12. The third kappa shape index (κ3) is 6.56. The van der Waals surface area contributed by atoms with Crippen molar-refractivity contribution in [1.82, 2.24) is 4.90 Å². The summed E-state index contributed by atoms with van der Waals surface area (Å²) in [6.45, 7) is 6.00. The fraction of sp³-hybridized carbons (Fsp3) is 0.480. The van der Waals surface area contributed by atoms with Crippen LogP contribution in [0.3, 0.4) is 0 Å². The van der Waals surface area contributed by atoms with Gasteiger partial charge in [0, 0.05) is 24.1 Å². The van der Waals surface area contributed by atoms with E-state index in [1.54, 1.807) is 14.2 Å². The second-order valence-corrected chi connectivity index (χ2v) is 8.05. The molecule has 164 valence electrons. The Morgan fingerprint density at radius 3 is 2.33 bits per heavy atom. The maximum atomic E-state index is 13.0. The summed E-state index contributed by atoms with van der Waals surface area (Å²) in [5, 5.41) is 0. The molecule has 0 aromatic heterocycles. The fourth-order valence-electron chi connectivity index (χ4n) is 3.79. The van der Waals surface area contributed by atoms with Gasteiger partial charge in [-0.05, 0) is 68.1 Å². The van der Waals surface area contributed by atoms with Gasteiger partial charge in [0.15, 0.2) is 0 Å². The van der Waals surface area contributed by atoms with E-state index >= 15 is 0 Å². The zero-order chi connectivity index (χ0) is 22.1. The summed E-state index contributed by atoms with van der Waals surface area (Å²) in [6.07, 6.45) is 3.58. The normalized spacial score (nSPS) is 12.3. The molecule has 1 atom stereocenters. The van der Waals surface area contributed by atoms with Crippen molar-refractivity contribution in [2.45, 2.75) is 44.9 Å². The molecule has 0 saturated carbocycles. The molecule has 1 unspecified atom stereocenters. The lowest BCUT2D eigenvalue weighted by molar-refractivity contribution is -0.109. The van der Waals surface area contributed by atoms with Gasteiger partial charge in [0.25, 0.3) is 0 Å². The van der Waals surface area contributed by atoms with E-state index in [2.05, 4.69) is 25.8 Å². The Hall–Kier alpha value is -2.40. The van der Waals surface area contributed by atoms with Crippen LogP contribution in [0.4, 0.5) is 4.39 Å². The second kappa shape index (κ2) is 11.7. The lowest BCUT2D eigenvalue weighted by Crippen LogP contribution is -2.23. The summed E-state index contributed by atoms with van der Waals surface area (Å²) in [5.41, 5.74) is 3.18. The Labute approximate surface area is 180 Å². The Morgan fingerprint density at radius 2 is 1.77 bits per heavy atom. The number of likely N-dealkylation sites (N-methyl/N-ethyl adjacent to an activating group) is 1. The largest absolute Gasteiger partial charge is 0.497 e. The van der Waals surface area contributed by atoms with Gasteiger partial charge in [0.1, 0.15) is 23.6 Å². The quantitative estimate of drug-likeness (QED) is 0.447. The molecule has 2 aromatic rings. The highest BCUT2D eigenvalue weighted by atomic mass is 19.1. The first-order valence-electron chi connectivity index (χ1n) is 10.5. The average Bonchev–Trinajstić information content (AvgIpc) is 2.75. The molecule has 0 fully saturated rings. The van der Waals surface area contributed by atoms with Crippen LogP contribution in [-0.2, 0) is 11.2 Å². The van der Waals surface area contributed by atoms with Crippen LogP contribution in [0.15, 0.2) is 36.4 Å². The van der Waals surface area contributed by atoms with Gasteiger partial charge in [-0.1, -0.05) is 26.0 Å². The number of methoxy groups -OCH3 is 2. The molecule has 0 aliphatic heterocycles. The molecule has 2 aromatic carbocycles. The highest BCUT2D eigenvalue weighted by molar-refractivity contribution is 5.66. The first kappa shape index (κ1) is 23.9. The standard InChI is InChI=1S/C25H34FNO3/c1-18(2)25-23(15-22(29-4)16-24(25)30-5)20(17-28)7-6-13-27(3)14-12-19-8-10-21(26)11-9-19/h8-11,15-18,20H,6-7,12-14H2,1-5H3. The van der Waals surface area contributed by atoms with Crippen LogP contribution >= 0.6 is 0 Å². The molecular formula is C25H34FNO3. The number of hydrogen-bond acceptors (Lipinski definition) is 4. The monoisotopic (exact) mass is 415 g/mol. The number of nitrogens with zero attached hydrogens (tertiary/aromatic N) is 1. The molecule has 0 heterocycles. The molecule has 0 radical (unpaired) electrons. The van der Waals surface area contributed by atoms with Gasteiger partial charge in [-0.3, -0.25) is 0 Å². The smallest absolute Gasteiger partial charge is 0.127 e. The molecule has 5 heteroatoms.